The summed E-state index contributed by atoms with van der Waals surface area (Å²) >= 11 is 1.49. The van der Waals surface area contributed by atoms with Crippen LogP contribution < -0.4 is 10.0 Å². The second-order valence-corrected chi connectivity index (χ2v) is 8.18. The molecule has 0 saturated heterocycles. The first kappa shape index (κ1) is 16.9. The highest BCUT2D eigenvalue weighted by Gasteiger charge is 2.23. The van der Waals surface area contributed by atoms with E-state index < -0.39 is 10.0 Å². The van der Waals surface area contributed by atoms with Crippen molar-refractivity contribution in [2.45, 2.75) is 56.1 Å². The highest BCUT2D eigenvalue weighted by atomic mass is 32.2. The maximum Gasteiger partial charge on any atom is 0.241 e. The van der Waals surface area contributed by atoms with Crippen molar-refractivity contribution in [1.82, 2.24) is 10.0 Å². The quantitative estimate of drug-likeness (QED) is 0.688. The van der Waals surface area contributed by atoms with Crippen molar-refractivity contribution in [3.63, 3.8) is 0 Å². The van der Waals surface area contributed by atoms with Crippen molar-refractivity contribution >= 4 is 21.4 Å². The van der Waals surface area contributed by atoms with E-state index in [1.807, 2.05) is 6.92 Å². The summed E-state index contributed by atoms with van der Waals surface area (Å²) in [6.07, 6.45) is 4.14. The number of hydrogen-bond donors (Lipinski definition) is 2. The van der Waals surface area contributed by atoms with E-state index in [0.29, 0.717) is 17.5 Å². The van der Waals surface area contributed by atoms with Gasteiger partial charge in [0, 0.05) is 36.0 Å². The first-order chi connectivity index (χ1) is 10.0. The van der Waals surface area contributed by atoms with E-state index in [1.54, 1.807) is 18.6 Å². The smallest absolute Gasteiger partial charge is 0.241 e. The van der Waals surface area contributed by atoms with Crippen LogP contribution in [0.1, 0.15) is 37.5 Å². The molecule has 1 unspecified atom stereocenters. The number of rotatable bonds is 10. The van der Waals surface area contributed by atoms with Crippen LogP contribution >= 0.6 is 11.3 Å². The molecular weight excluding hydrogens is 308 g/mol. The van der Waals surface area contributed by atoms with Crippen molar-refractivity contribution < 1.29 is 13.2 Å². The molecule has 0 spiro atoms. The predicted molar refractivity (Wildman–Crippen MR) is 85.1 cm³/mol. The Kier molecular flexibility index (Phi) is 6.19. The molecule has 0 bridgehead atoms. The summed E-state index contributed by atoms with van der Waals surface area (Å²) in [6, 6.07) is 2.22. The highest BCUT2D eigenvalue weighted by Crippen LogP contribution is 2.23. The molecular formula is C14H24N2O3S2. The average Bonchev–Trinajstić information content (AvgIpc) is 3.12. The summed E-state index contributed by atoms with van der Waals surface area (Å²) in [4.78, 5) is 1.42. The molecule has 21 heavy (non-hydrogen) atoms. The van der Waals surface area contributed by atoms with Gasteiger partial charge in [-0.05, 0) is 25.3 Å². The Bertz CT molecular complexity index is 532. The van der Waals surface area contributed by atoms with E-state index >= 15 is 0 Å². The van der Waals surface area contributed by atoms with Gasteiger partial charge in [-0.1, -0.05) is 13.3 Å². The van der Waals surface area contributed by atoms with Gasteiger partial charge < -0.3 is 10.1 Å². The van der Waals surface area contributed by atoms with Gasteiger partial charge >= 0.3 is 0 Å². The van der Waals surface area contributed by atoms with Gasteiger partial charge in [-0.15, -0.1) is 11.3 Å². The van der Waals surface area contributed by atoms with Crippen LogP contribution in [0.3, 0.4) is 0 Å². The predicted octanol–water partition coefficient (Wildman–Crippen LogP) is 2.09. The summed E-state index contributed by atoms with van der Waals surface area (Å²) in [5.74, 6) is 0. The third-order valence-electron chi connectivity index (χ3n) is 3.41. The molecule has 1 heterocycles. The normalized spacial score (nSPS) is 17.0. The topological polar surface area (TPSA) is 67.4 Å². The molecule has 7 heteroatoms. The number of thiophene rings is 1. The van der Waals surface area contributed by atoms with Crippen LogP contribution in [0, 0.1) is 0 Å². The van der Waals surface area contributed by atoms with Crippen molar-refractivity contribution in [1.29, 1.82) is 0 Å². The lowest BCUT2D eigenvalue weighted by Crippen LogP contribution is -2.37. The van der Waals surface area contributed by atoms with Gasteiger partial charge in [-0.3, -0.25) is 0 Å². The van der Waals surface area contributed by atoms with Gasteiger partial charge in [0.2, 0.25) is 10.0 Å². The molecule has 1 fully saturated rings. The third kappa shape index (κ3) is 5.34. The molecule has 0 radical (unpaired) electrons. The van der Waals surface area contributed by atoms with Gasteiger partial charge in [-0.2, -0.15) is 0 Å². The van der Waals surface area contributed by atoms with Crippen LogP contribution in [0.5, 0.6) is 0 Å². The Hall–Kier alpha value is -0.470. The fraction of sp³-hybridized carbons (Fsp3) is 0.714. The largest absolute Gasteiger partial charge is 0.383 e. The SMILES string of the molecule is CCCC(COC)NS(=O)(=O)c1csc(CNC2CC2)c1. The van der Waals surface area contributed by atoms with Crippen molar-refractivity contribution in [3.05, 3.63) is 16.3 Å². The summed E-state index contributed by atoms with van der Waals surface area (Å²) in [7, 11) is -1.87. The van der Waals surface area contributed by atoms with Gasteiger partial charge in [0.25, 0.3) is 0 Å². The second kappa shape index (κ2) is 7.69. The van der Waals surface area contributed by atoms with Gasteiger partial charge in [0.15, 0.2) is 0 Å². The van der Waals surface area contributed by atoms with E-state index in [1.165, 1.54) is 24.2 Å². The fourth-order valence-corrected chi connectivity index (χ4v) is 4.62. The third-order valence-corrected chi connectivity index (χ3v) is 5.99. The van der Waals surface area contributed by atoms with E-state index in [9.17, 15) is 8.42 Å². The van der Waals surface area contributed by atoms with E-state index in [4.69, 9.17) is 4.74 Å². The Morgan fingerprint density at radius 2 is 2.24 bits per heavy atom. The molecule has 1 aliphatic rings. The molecule has 2 N–H and O–H groups in total. The fourth-order valence-electron chi connectivity index (χ4n) is 2.14. The second-order valence-electron chi connectivity index (χ2n) is 5.47. The van der Waals surface area contributed by atoms with Gasteiger partial charge in [0.1, 0.15) is 0 Å². The molecule has 1 aromatic heterocycles. The lowest BCUT2D eigenvalue weighted by Gasteiger charge is -2.16. The highest BCUT2D eigenvalue weighted by molar-refractivity contribution is 7.89. The van der Waals surface area contributed by atoms with Crippen LogP contribution in [-0.4, -0.2) is 34.2 Å². The zero-order valence-electron chi connectivity index (χ0n) is 12.6. The summed E-state index contributed by atoms with van der Waals surface area (Å²) < 4.78 is 32.6. The Morgan fingerprint density at radius 1 is 1.48 bits per heavy atom. The molecule has 0 amide bonds. The molecule has 5 nitrogen and oxygen atoms in total. The molecule has 1 aromatic rings. The summed E-state index contributed by atoms with van der Waals surface area (Å²) in [5, 5.41) is 5.10. The standard InChI is InChI=1S/C14H24N2O3S2/c1-3-4-12(9-19-2)16-21(17,18)14-7-13(20-10-14)8-15-11-5-6-11/h7,10-12,15-16H,3-6,8-9H2,1-2H3. The molecule has 0 aliphatic heterocycles. The average molecular weight is 332 g/mol. The van der Waals surface area contributed by atoms with Crippen molar-refractivity contribution in [2.24, 2.45) is 0 Å². The van der Waals surface area contributed by atoms with Gasteiger partial charge in [0.05, 0.1) is 11.5 Å². The maximum atomic E-state index is 12.4. The summed E-state index contributed by atoms with van der Waals surface area (Å²) in [6.45, 7) is 3.18. The van der Waals surface area contributed by atoms with Crippen LogP contribution in [0.15, 0.2) is 16.3 Å². The Balaban J connectivity index is 1.96. The minimum Gasteiger partial charge on any atom is -0.383 e. The lowest BCUT2D eigenvalue weighted by molar-refractivity contribution is 0.171. The van der Waals surface area contributed by atoms with E-state index in [2.05, 4.69) is 10.0 Å². The van der Waals surface area contributed by atoms with Crippen LogP contribution in [0.25, 0.3) is 0 Å². The molecule has 1 aliphatic carbocycles. The lowest BCUT2D eigenvalue weighted by atomic mass is 10.2. The monoisotopic (exact) mass is 332 g/mol. The first-order valence-electron chi connectivity index (χ1n) is 7.37. The van der Waals surface area contributed by atoms with E-state index in [0.717, 1.165) is 24.3 Å². The zero-order chi connectivity index (χ0) is 15.3. The molecule has 1 saturated carbocycles. The molecule has 1 atom stereocenters. The van der Waals surface area contributed by atoms with Crippen molar-refractivity contribution in [2.75, 3.05) is 13.7 Å². The van der Waals surface area contributed by atoms with Crippen LogP contribution in [0.4, 0.5) is 0 Å². The van der Waals surface area contributed by atoms with Crippen LogP contribution in [0.2, 0.25) is 0 Å². The van der Waals surface area contributed by atoms with Crippen LogP contribution in [-0.2, 0) is 21.3 Å². The first-order valence-corrected chi connectivity index (χ1v) is 9.73. The van der Waals surface area contributed by atoms with Crippen molar-refractivity contribution in [3.8, 4) is 0 Å². The number of methoxy groups -OCH3 is 1. The Morgan fingerprint density at radius 3 is 2.86 bits per heavy atom. The number of sulfonamides is 1. The molecule has 120 valence electrons. The molecule has 0 aromatic carbocycles. The zero-order valence-corrected chi connectivity index (χ0v) is 14.2. The Labute approximate surface area is 131 Å². The summed E-state index contributed by atoms with van der Waals surface area (Å²) in [5.41, 5.74) is 0. The minimum atomic E-state index is -3.45. The number of ether oxygens (including phenoxy) is 1. The minimum absolute atomic E-state index is 0.169. The number of hydrogen-bond acceptors (Lipinski definition) is 5. The number of nitrogens with one attached hydrogen (secondary N) is 2. The van der Waals surface area contributed by atoms with Gasteiger partial charge in [-0.25, -0.2) is 13.1 Å². The molecule has 2 rings (SSSR count). The van der Waals surface area contributed by atoms with E-state index in [-0.39, 0.29) is 6.04 Å². The maximum absolute atomic E-state index is 12.4.